The molecule has 0 aliphatic heterocycles. The summed E-state index contributed by atoms with van der Waals surface area (Å²) in [6, 6.07) is 7.05. The second kappa shape index (κ2) is 12.3. The van der Waals surface area contributed by atoms with Crippen LogP contribution in [0.2, 0.25) is 0 Å². The molecule has 0 saturated carbocycles. The third kappa shape index (κ3) is 9.02. The van der Waals surface area contributed by atoms with E-state index in [9.17, 15) is 14.9 Å². The molecule has 2 heterocycles. The number of carboxylic acid groups (broad SMARTS) is 2. The molecule has 5 N–H and O–H groups in total. The zero-order valence-electron chi connectivity index (χ0n) is 15.4. The summed E-state index contributed by atoms with van der Waals surface area (Å²) in [6.07, 6.45) is 3.17. The second-order valence-electron chi connectivity index (χ2n) is 5.63. The minimum atomic E-state index is -1.26. The second-order valence-corrected chi connectivity index (χ2v) is 6.82. The van der Waals surface area contributed by atoms with Gasteiger partial charge in [-0.15, -0.1) is 0 Å². The summed E-state index contributed by atoms with van der Waals surface area (Å²) >= 11 is 1.40. The SMILES string of the molecule is Cc1ccc(C#N)c(SC(C[C@H](N)CO)c2ccno2)n1.O=C(O)C=CC(=O)O. The van der Waals surface area contributed by atoms with Crippen LogP contribution < -0.4 is 5.73 Å². The summed E-state index contributed by atoms with van der Waals surface area (Å²) in [6.45, 7) is 1.76. The van der Waals surface area contributed by atoms with Crippen molar-refractivity contribution in [3.8, 4) is 6.07 Å². The van der Waals surface area contributed by atoms with Crippen molar-refractivity contribution in [3.63, 3.8) is 0 Å². The van der Waals surface area contributed by atoms with Crippen LogP contribution in [0.25, 0.3) is 0 Å². The summed E-state index contributed by atoms with van der Waals surface area (Å²) in [5.74, 6) is -1.86. The Morgan fingerprint density at radius 2 is 1.97 bits per heavy atom. The number of aromatic nitrogens is 2. The fourth-order valence-corrected chi connectivity index (χ4v) is 3.24. The number of carboxylic acids is 2. The first-order chi connectivity index (χ1) is 13.8. The molecule has 0 aromatic carbocycles. The average Bonchev–Trinajstić information content (AvgIpc) is 3.21. The third-order valence-electron chi connectivity index (χ3n) is 3.27. The largest absolute Gasteiger partial charge is 0.478 e. The fraction of sp³-hybridized carbons (Fsp3) is 0.278. The topological polar surface area (TPSA) is 184 Å². The van der Waals surface area contributed by atoms with E-state index >= 15 is 0 Å². The van der Waals surface area contributed by atoms with Crippen molar-refractivity contribution in [2.75, 3.05) is 6.61 Å². The molecule has 1 unspecified atom stereocenters. The smallest absolute Gasteiger partial charge is 0.328 e. The van der Waals surface area contributed by atoms with Crippen molar-refractivity contribution in [3.05, 3.63) is 53.6 Å². The number of pyridine rings is 1. The molecule has 154 valence electrons. The minimum absolute atomic E-state index is 0.114. The number of rotatable bonds is 8. The van der Waals surface area contributed by atoms with Gasteiger partial charge in [-0.05, 0) is 25.5 Å². The highest BCUT2D eigenvalue weighted by Gasteiger charge is 2.22. The summed E-state index contributed by atoms with van der Waals surface area (Å²) in [5, 5.41) is 38.1. The molecule has 0 spiro atoms. The van der Waals surface area contributed by atoms with Gasteiger partial charge in [0, 0.05) is 30.0 Å². The number of nitrogens with zero attached hydrogens (tertiary/aromatic N) is 3. The van der Waals surface area contributed by atoms with Crippen molar-refractivity contribution in [2.45, 2.75) is 29.7 Å². The van der Waals surface area contributed by atoms with Crippen molar-refractivity contribution in [2.24, 2.45) is 5.73 Å². The first-order valence-corrected chi connectivity index (χ1v) is 9.10. The first-order valence-electron chi connectivity index (χ1n) is 8.22. The van der Waals surface area contributed by atoms with E-state index in [1.54, 1.807) is 24.4 Å². The van der Waals surface area contributed by atoms with Crippen LogP contribution >= 0.6 is 11.8 Å². The van der Waals surface area contributed by atoms with Gasteiger partial charge < -0.3 is 25.6 Å². The van der Waals surface area contributed by atoms with Gasteiger partial charge in [0.25, 0.3) is 0 Å². The number of aliphatic hydroxyl groups excluding tert-OH is 1. The Kier molecular flexibility index (Phi) is 10.1. The molecule has 0 fully saturated rings. The van der Waals surface area contributed by atoms with Gasteiger partial charge >= 0.3 is 11.9 Å². The number of aliphatic hydroxyl groups is 1. The number of thioether (sulfide) groups is 1. The van der Waals surface area contributed by atoms with E-state index < -0.39 is 11.9 Å². The molecule has 0 amide bonds. The van der Waals surface area contributed by atoms with E-state index in [1.165, 1.54) is 11.8 Å². The predicted octanol–water partition coefficient (Wildman–Crippen LogP) is 1.50. The highest BCUT2D eigenvalue weighted by molar-refractivity contribution is 7.99. The zero-order chi connectivity index (χ0) is 21.8. The molecule has 29 heavy (non-hydrogen) atoms. The minimum Gasteiger partial charge on any atom is -0.478 e. The van der Waals surface area contributed by atoms with Crippen LogP contribution in [0.15, 0.2) is 46.1 Å². The Morgan fingerprint density at radius 3 is 2.45 bits per heavy atom. The van der Waals surface area contributed by atoms with E-state index in [0.717, 1.165) is 5.69 Å². The highest BCUT2D eigenvalue weighted by Crippen LogP contribution is 2.38. The molecule has 0 radical (unpaired) electrons. The van der Waals surface area contributed by atoms with Crippen LogP contribution in [0, 0.1) is 18.3 Å². The lowest BCUT2D eigenvalue weighted by atomic mass is 10.1. The van der Waals surface area contributed by atoms with Crippen LogP contribution in [-0.2, 0) is 9.59 Å². The predicted molar refractivity (Wildman–Crippen MR) is 103 cm³/mol. The number of carbonyl (C=O) groups is 2. The van der Waals surface area contributed by atoms with Gasteiger partial charge in [-0.25, -0.2) is 14.6 Å². The Bertz CT molecular complexity index is 863. The monoisotopic (exact) mass is 420 g/mol. The third-order valence-corrected chi connectivity index (χ3v) is 4.51. The van der Waals surface area contributed by atoms with Crippen molar-refractivity contribution in [1.82, 2.24) is 10.1 Å². The molecule has 0 saturated heterocycles. The molecule has 0 bridgehead atoms. The van der Waals surface area contributed by atoms with E-state index in [0.29, 0.717) is 34.9 Å². The summed E-state index contributed by atoms with van der Waals surface area (Å²) in [4.78, 5) is 23.5. The fourth-order valence-electron chi connectivity index (χ4n) is 1.95. The maximum atomic E-state index is 9.55. The summed E-state index contributed by atoms with van der Waals surface area (Å²) in [7, 11) is 0. The standard InChI is InChI=1S/C14H16N4O2S.C4H4O4/c1-9-2-3-10(7-15)14(18-9)21-13(6-11(16)8-19)12-4-5-17-20-12;5-3(6)1-2-4(7)8/h2-5,11,13,19H,6,8,16H2,1H3;1-2H,(H,5,6)(H,7,8)/t11-,13?;/m0./s1. The number of nitriles is 1. The maximum Gasteiger partial charge on any atom is 0.328 e. The van der Waals surface area contributed by atoms with Gasteiger partial charge in [-0.1, -0.05) is 16.9 Å². The average molecular weight is 420 g/mol. The Morgan fingerprint density at radius 1 is 1.31 bits per heavy atom. The molecular weight excluding hydrogens is 400 g/mol. The lowest BCUT2D eigenvalue weighted by molar-refractivity contribution is -0.134. The van der Waals surface area contributed by atoms with E-state index in [1.807, 2.05) is 6.92 Å². The quantitative estimate of drug-likeness (QED) is 0.358. The van der Waals surface area contributed by atoms with Crippen LogP contribution in [-0.4, -0.2) is 50.0 Å². The molecule has 2 rings (SSSR count). The van der Waals surface area contributed by atoms with Crippen LogP contribution in [0.1, 0.15) is 28.7 Å². The molecule has 0 aliphatic rings. The molecule has 2 aromatic rings. The number of hydrogen-bond acceptors (Lipinski definition) is 9. The van der Waals surface area contributed by atoms with Crippen LogP contribution in [0.3, 0.4) is 0 Å². The molecule has 11 heteroatoms. The Labute approximate surface area is 170 Å². The molecular formula is C18H20N4O6S. The molecule has 2 atom stereocenters. The molecule has 0 aliphatic carbocycles. The van der Waals surface area contributed by atoms with Gasteiger partial charge in [0.1, 0.15) is 16.9 Å². The lowest BCUT2D eigenvalue weighted by Crippen LogP contribution is -2.26. The first kappa shape index (κ1) is 23.8. The lowest BCUT2D eigenvalue weighted by Gasteiger charge is -2.17. The van der Waals surface area contributed by atoms with Gasteiger partial charge in [-0.2, -0.15) is 5.26 Å². The number of aryl methyl sites for hydroxylation is 1. The Balaban J connectivity index is 0.000000447. The van der Waals surface area contributed by atoms with Crippen molar-refractivity contribution >= 4 is 23.7 Å². The highest BCUT2D eigenvalue weighted by atomic mass is 32.2. The van der Waals surface area contributed by atoms with Crippen molar-refractivity contribution < 1.29 is 29.4 Å². The summed E-state index contributed by atoms with van der Waals surface area (Å²) < 4.78 is 5.20. The van der Waals surface area contributed by atoms with Crippen LogP contribution in [0.4, 0.5) is 0 Å². The van der Waals surface area contributed by atoms with Gasteiger partial charge in [0.05, 0.1) is 23.6 Å². The van der Waals surface area contributed by atoms with E-state index in [4.69, 9.17) is 25.6 Å². The van der Waals surface area contributed by atoms with E-state index in [-0.39, 0.29) is 17.9 Å². The number of hydrogen-bond donors (Lipinski definition) is 4. The zero-order valence-corrected chi connectivity index (χ0v) is 16.2. The maximum absolute atomic E-state index is 9.55. The summed E-state index contributed by atoms with van der Waals surface area (Å²) in [5.41, 5.74) is 7.16. The number of nitrogens with two attached hydrogens (primary N) is 1. The van der Waals surface area contributed by atoms with Crippen molar-refractivity contribution in [1.29, 1.82) is 5.26 Å². The van der Waals surface area contributed by atoms with Gasteiger partial charge in [0.2, 0.25) is 0 Å². The molecule has 2 aromatic heterocycles. The Hall–Kier alpha value is -3.20. The molecule has 10 nitrogen and oxygen atoms in total. The number of aliphatic carboxylic acids is 2. The van der Waals surface area contributed by atoms with Gasteiger partial charge in [-0.3, -0.25) is 0 Å². The van der Waals surface area contributed by atoms with E-state index in [2.05, 4.69) is 16.2 Å². The normalized spacial score (nSPS) is 12.5. The van der Waals surface area contributed by atoms with Crippen LogP contribution in [0.5, 0.6) is 0 Å². The van der Waals surface area contributed by atoms with Gasteiger partial charge in [0.15, 0.2) is 0 Å².